The lowest BCUT2D eigenvalue weighted by atomic mass is 10.0. The van der Waals surface area contributed by atoms with Crippen LogP contribution in [0.25, 0.3) is 0 Å². The second kappa shape index (κ2) is 5.38. The van der Waals surface area contributed by atoms with Crippen molar-refractivity contribution in [3.63, 3.8) is 0 Å². The van der Waals surface area contributed by atoms with Crippen molar-refractivity contribution in [3.05, 3.63) is 0 Å². The zero-order chi connectivity index (χ0) is 12.3. The van der Waals surface area contributed by atoms with E-state index in [2.05, 4.69) is 5.16 Å². The maximum atomic E-state index is 12.2. The summed E-state index contributed by atoms with van der Waals surface area (Å²) in [6.45, 7) is 0.742. The van der Waals surface area contributed by atoms with Gasteiger partial charge in [-0.25, -0.2) is 0 Å². The molecule has 1 saturated heterocycles. The van der Waals surface area contributed by atoms with E-state index in [1.54, 1.807) is 4.90 Å². The Labute approximate surface area is 102 Å². The van der Waals surface area contributed by atoms with Gasteiger partial charge in [0, 0.05) is 13.0 Å². The van der Waals surface area contributed by atoms with Crippen LogP contribution in [-0.4, -0.2) is 34.4 Å². The molecule has 2 rings (SSSR count). The minimum Gasteiger partial charge on any atom is -0.409 e. The summed E-state index contributed by atoms with van der Waals surface area (Å²) in [5, 5.41) is 11.7. The molecule has 0 aromatic rings. The molecule has 0 radical (unpaired) electrons. The average Bonchev–Trinajstić information content (AvgIpc) is 2.97. The number of oxime groups is 1. The fraction of sp³-hybridized carbons (Fsp3) is 0.833. The third-order valence-electron chi connectivity index (χ3n) is 3.97. The SMILES string of the molecule is NC(=NO)C1CCCN1C(=O)CC1CCCC1. The van der Waals surface area contributed by atoms with E-state index in [0.717, 1.165) is 19.4 Å². The third-order valence-corrected chi connectivity index (χ3v) is 3.97. The lowest BCUT2D eigenvalue weighted by Gasteiger charge is -2.24. The molecule has 0 aromatic heterocycles. The molecular formula is C12H21N3O2. The van der Waals surface area contributed by atoms with Gasteiger partial charge >= 0.3 is 0 Å². The van der Waals surface area contributed by atoms with Gasteiger partial charge in [0.1, 0.15) is 0 Å². The number of likely N-dealkylation sites (tertiary alicyclic amines) is 1. The molecule has 3 N–H and O–H groups in total. The van der Waals surface area contributed by atoms with Gasteiger partial charge in [0.05, 0.1) is 6.04 Å². The van der Waals surface area contributed by atoms with Crippen molar-refractivity contribution in [3.8, 4) is 0 Å². The highest BCUT2D eigenvalue weighted by Crippen LogP contribution is 2.29. The largest absolute Gasteiger partial charge is 0.409 e. The number of nitrogens with two attached hydrogens (primary N) is 1. The first-order valence-corrected chi connectivity index (χ1v) is 6.49. The minimum absolute atomic E-state index is 0.169. The highest BCUT2D eigenvalue weighted by molar-refractivity contribution is 5.90. The maximum absolute atomic E-state index is 12.2. The molecule has 0 spiro atoms. The summed E-state index contributed by atoms with van der Waals surface area (Å²) in [7, 11) is 0. The van der Waals surface area contributed by atoms with E-state index in [4.69, 9.17) is 10.9 Å². The van der Waals surface area contributed by atoms with Gasteiger partial charge in [0.2, 0.25) is 5.91 Å². The number of carbonyl (C=O) groups excluding carboxylic acids is 1. The van der Waals surface area contributed by atoms with Crippen LogP contribution in [0.2, 0.25) is 0 Å². The normalized spacial score (nSPS) is 26.7. The molecule has 1 unspecified atom stereocenters. The lowest BCUT2D eigenvalue weighted by molar-refractivity contribution is -0.132. The van der Waals surface area contributed by atoms with Crippen LogP contribution in [0.1, 0.15) is 44.9 Å². The second-order valence-electron chi connectivity index (χ2n) is 5.12. The molecule has 1 aliphatic heterocycles. The molecule has 17 heavy (non-hydrogen) atoms. The van der Waals surface area contributed by atoms with Gasteiger partial charge in [-0.2, -0.15) is 0 Å². The summed E-state index contributed by atoms with van der Waals surface area (Å²) in [5.41, 5.74) is 5.62. The molecule has 2 aliphatic rings. The van der Waals surface area contributed by atoms with Crippen LogP contribution in [0.5, 0.6) is 0 Å². The van der Waals surface area contributed by atoms with E-state index in [0.29, 0.717) is 12.3 Å². The van der Waals surface area contributed by atoms with Crippen LogP contribution in [0.3, 0.4) is 0 Å². The summed E-state index contributed by atoms with van der Waals surface area (Å²) in [6, 6.07) is -0.186. The molecule has 1 saturated carbocycles. The smallest absolute Gasteiger partial charge is 0.223 e. The van der Waals surface area contributed by atoms with Crippen LogP contribution >= 0.6 is 0 Å². The lowest BCUT2D eigenvalue weighted by Crippen LogP contribution is -2.44. The van der Waals surface area contributed by atoms with E-state index >= 15 is 0 Å². The molecule has 2 fully saturated rings. The Balaban J connectivity index is 1.93. The standard InChI is InChI=1S/C12H21N3O2/c13-12(14-17)10-6-3-7-15(10)11(16)8-9-4-1-2-5-9/h9-10,17H,1-8H2,(H2,13,14). The zero-order valence-electron chi connectivity index (χ0n) is 10.1. The van der Waals surface area contributed by atoms with Crippen molar-refractivity contribution in [2.75, 3.05) is 6.54 Å². The highest BCUT2D eigenvalue weighted by atomic mass is 16.4. The molecule has 1 atom stereocenters. The van der Waals surface area contributed by atoms with Crippen molar-refractivity contribution < 1.29 is 10.0 Å². The fourth-order valence-corrected chi connectivity index (χ4v) is 3.02. The van der Waals surface area contributed by atoms with Crippen LogP contribution in [0, 0.1) is 5.92 Å². The quantitative estimate of drug-likeness (QED) is 0.337. The van der Waals surface area contributed by atoms with Gasteiger partial charge in [-0.15, -0.1) is 0 Å². The molecule has 5 heteroatoms. The van der Waals surface area contributed by atoms with E-state index in [9.17, 15) is 4.79 Å². The zero-order valence-corrected chi connectivity index (χ0v) is 10.1. The average molecular weight is 239 g/mol. The third kappa shape index (κ3) is 2.70. The van der Waals surface area contributed by atoms with Crippen molar-refractivity contribution in [2.45, 2.75) is 51.0 Å². The number of hydrogen-bond acceptors (Lipinski definition) is 3. The first-order valence-electron chi connectivity index (χ1n) is 6.49. The molecular weight excluding hydrogens is 218 g/mol. The summed E-state index contributed by atoms with van der Waals surface area (Å²) >= 11 is 0. The van der Waals surface area contributed by atoms with Crippen molar-refractivity contribution in [1.82, 2.24) is 4.90 Å². The van der Waals surface area contributed by atoms with Gasteiger partial charge < -0.3 is 15.8 Å². The van der Waals surface area contributed by atoms with Gasteiger partial charge in [-0.05, 0) is 31.6 Å². The molecule has 0 aromatic carbocycles. The van der Waals surface area contributed by atoms with Crippen molar-refractivity contribution in [2.24, 2.45) is 16.8 Å². The number of nitrogens with zero attached hydrogens (tertiary/aromatic N) is 2. The number of amidine groups is 1. The Morgan fingerprint density at radius 1 is 1.29 bits per heavy atom. The van der Waals surface area contributed by atoms with E-state index in [1.165, 1.54) is 25.7 Å². The van der Waals surface area contributed by atoms with E-state index < -0.39 is 0 Å². The number of rotatable bonds is 3. The van der Waals surface area contributed by atoms with Gasteiger partial charge in [-0.3, -0.25) is 4.79 Å². The number of hydrogen-bond donors (Lipinski definition) is 2. The maximum Gasteiger partial charge on any atom is 0.223 e. The molecule has 5 nitrogen and oxygen atoms in total. The molecule has 1 aliphatic carbocycles. The highest BCUT2D eigenvalue weighted by Gasteiger charge is 2.33. The predicted molar refractivity (Wildman–Crippen MR) is 64.7 cm³/mol. The van der Waals surface area contributed by atoms with Crippen LogP contribution in [0.15, 0.2) is 5.16 Å². The Kier molecular flexibility index (Phi) is 3.86. The second-order valence-corrected chi connectivity index (χ2v) is 5.12. The fourth-order valence-electron chi connectivity index (χ4n) is 3.02. The summed E-state index contributed by atoms with van der Waals surface area (Å²) in [5.74, 6) is 0.893. The van der Waals surface area contributed by atoms with Crippen molar-refractivity contribution in [1.29, 1.82) is 0 Å². The van der Waals surface area contributed by atoms with E-state index in [1.807, 2.05) is 0 Å². The topological polar surface area (TPSA) is 78.9 Å². The Bertz CT molecular complexity index is 311. The Morgan fingerprint density at radius 2 is 2.00 bits per heavy atom. The monoisotopic (exact) mass is 239 g/mol. The predicted octanol–water partition coefficient (Wildman–Crippen LogP) is 1.30. The number of amides is 1. The Hall–Kier alpha value is -1.26. The van der Waals surface area contributed by atoms with Gasteiger partial charge in [0.15, 0.2) is 5.84 Å². The Morgan fingerprint density at radius 3 is 2.65 bits per heavy atom. The summed E-state index contributed by atoms with van der Waals surface area (Å²) in [6.07, 6.45) is 7.24. The molecule has 1 heterocycles. The minimum atomic E-state index is -0.186. The first-order chi connectivity index (χ1) is 8.22. The van der Waals surface area contributed by atoms with Crippen LogP contribution < -0.4 is 5.73 Å². The van der Waals surface area contributed by atoms with Gasteiger partial charge in [-0.1, -0.05) is 18.0 Å². The first kappa shape index (κ1) is 12.2. The van der Waals surface area contributed by atoms with Crippen LogP contribution in [0.4, 0.5) is 0 Å². The van der Waals surface area contributed by atoms with Crippen LogP contribution in [-0.2, 0) is 4.79 Å². The van der Waals surface area contributed by atoms with Crippen molar-refractivity contribution >= 4 is 11.7 Å². The van der Waals surface area contributed by atoms with Gasteiger partial charge in [0.25, 0.3) is 0 Å². The summed E-state index contributed by atoms with van der Waals surface area (Å²) in [4.78, 5) is 14.0. The molecule has 0 bridgehead atoms. The molecule has 96 valence electrons. The van der Waals surface area contributed by atoms with E-state index in [-0.39, 0.29) is 17.8 Å². The summed E-state index contributed by atoms with van der Waals surface area (Å²) < 4.78 is 0. The number of carbonyl (C=O) groups is 1. The molecule has 1 amide bonds.